The summed E-state index contributed by atoms with van der Waals surface area (Å²) in [7, 11) is 0. The van der Waals surface area contributed by atoms with Crippen LogP contribution in [-0.4, -0.2) is 34.9 Å². The number of hydrogen-bond donors (Lipinski definition) is 3. The number of H-pyrrole nitrogens is 2. The van der Waals surface area contributed by atoms with Crippen LogP contribution in [0.25, 0.3) is 33.1 Å². The molecule has 0 saturated carbocycles. The molecule has 6 aromatic rings. The van der Waals surface area contributed by atoms with Gasteiger partial charge in [0, 0.05) is 42.3 Å². The number of aromatic amines is 2. The Balaban J connectivity index is 1.25. The maximum absolute atomic E-state index is 13.1. The van der Waals surface area contributed by atoms with Crippen molar-refractivity contribution < 1.29 is 13.2 Å². The summed E-state index contributed by atoms with van der Waals surface area (Å²) in [6.07, 6.45) is 1.62. The molecule has 0 aliphatic carbocycles. The molecule has 8 nitrogen and oxygen atoms in total. The summed E-state index contributed by atoms with van der Waals surface area (Å²) in [5.74, 6) is 1.17. The van der Waals surface area contributed by atoms with Crippen LogP contribution in [0, 0.1) is 0 Å². The minimum atomic E-state index is -4.45. The van der Waals surface area contributed by atoms with Crippen molar-refractivity contribution in [1.29, 1.82) is 0 Å². The van der Waals surface area contributed by atoms with Crippen molar-refractivity contribution in [3.05, 3.63) is 82.8 Å². The first-order chi connectivity index (χ1) is 17.3. The number of imidazole rings is 1. The van der Waals surface area contributed by atoms with Crippen molar-refractivity contribution in [3.8, 4) is 0 Å². The van der Waals surface area contributed by atoms with E-state index in [-0.39, 0.29) is 0 Å². The van der Waals surface area contributed by atoms with Crippen LogP contribution in [0.3, 0.4) is 0 Å². The molecular formula is C24H16ClF3N8. The Morgan fingerprint density at radius 2 is 1.86 bits per heavy atom. The quantitative estimate of drug-likeness (QED) is 0.277. The van der Waals surface area contributed by atoms with Gasteiger partial charge in [-0.05, 0) is 35.4 Å². The Morgan fingerprint density at radius 3 is 2.72 bits per heavy atom. The number of aromatic nitrogens is 7. The monoisotopic (exact) mass is 508 g/mol. The third-order valence-corrected chi connectivity index (χ3v) is 6.09. The molecule has 0 unspecified atom stereocenters. The number of pyridine rings is 2. The van der Waals surface area contributed by atoms with Gasteiger partial charge < -0.3 is 15.3 Å². The molecule has 6 rings (SSSR count). The summed E-state index contributed by atoms with van der Waals surface area (Å²) in [5, 5.41) is 5.11. The van der Waals surface area contributed by atoms with E-state index in [9.17, 15) is 13.2 Å². The van der Waals surface area contributed by atoms with Crippen LogP contribution in [0.4, 0.5) is 19.0 Å². The molecule has 1 aromatic carbocycles. The molecule has 0 spiro atoms. The fraction of sp³-hybridized carbons (Fsp3) is 0.125. The average molecular weight is 509 g/mol. The lowest BCUT2D eigenvalue weighted by Gasteiger charge is -2.08. The van der Waals surface area contributed by atoms with Crippen molar-refractivity contribution in [3.63, 3.8) is 0 Å². The Bertz CT molecular complexity index is 1740. The minimum Gasteiger partial charge on any atom is -0.364 e. The normalized spacial score (nSPS) is 12.1. The van der Waals surface area contributed by atoms with Gasteiger partial charge in [-0.3, -0.25) is 4.98 Å². The predicted octanol–water partition coefficient (Wildman–Crippen LogP) is 5.65. The third kappa shape index (κ3) is 4.17. The smallest absolute Gasteiger partial charge is 0.364 e. The highest BCUT2D eigenvalue weighted by Gasteiger charge is 2.31. The van der Waals surface area contributed by atoms with Crippen LogP contribution >= 0.6 is 11.6 Å². The van der Waals surface area contributed by atoms with Gasteiger partial charge in [0.25, 0.3) is 0 Å². The van der Waals surface area contributed by atoms with Gasteiger partial charge in [0.05, 0.1) is 16.1 Å². The first-order valence-corrected chi connectivity index (χ1v) is 11.2. The van der Waals surface area contributed by atoms with Crippen LogP contribution in [0.2, 0.25) is 5.02 Å². The number of alkyl halides is 3. The Morgan fingerprint density at radius 1 is 0.972 bits per heavy atom. The molecule has 12 heteroatoms. The van der Waals surface area contributed by atoms with E-state index in [2.05, 4.69) is 40.2 Å². The van der Waals surface area contributed by atoms with E-state index in [1.54, 1.807) is 24.5 Å². The van der Waals surface area contributed by atoms with Gasteiger partial charge in [0.2, 0.25) is 0 Å². The molecule has 5 heterocycles. The van der Waals surface area contributed by atoms with Crippen LogP contribution in [0.15, 0.2) is 55.2 Å². The van der Waals surface area contributed by atoms with Crippen LogP contribution in [-0.2, 0) is 19.1 Å². The van der Waals surface area contributed by atoms with E-state index in [0.717, 1.165) is 28.8 Å². The van der Waals surface area contributed by atoms with Crippen molar-refractivity contribution in [2.24, 2.45) is 0 Å². The van der Waals surface area contributed by atoms with E-state index in [1.165, 1.54) is 6.33 Å². The number of anilines is 1. The predicted molar refractivity (Wildman–Crippen MR) is 130 cm³/mol. The zero-order chi connectivity index (χ0) is 24.9. The second-order valence-corrected chi connectivity index (χ2v) is 8.67. The number of rotatable bonds is 5. The van der Waals surface area contributed by atoms with E-state index in [4.69, 9.17) is 11.6 Å². The van der Waals surface area contributed by atoms with Gasteiger partial charge in [-0.2, -0.15) is 13.2 Å². The number of nitrogens with zero attached hydrogens (tertiary/aromatic N) is 5. The Kier molecular flexibility index (Phi) is 5.22. The van der Waals surface area contributed by atoms with Gasteiger partial charge in [-0.15, -0.1) is 0 Å². The molecule has 0 atom stereocenters. The molecule has 3 N–H and O–H groups in total. The summed E-state index contributed by atoms with van der Waals surface area (Å²) >= 11 is 6.19. The minimum absolute atomic E-state index is 0.370. The van der Waals surface area contributed by atoms with Gasteiger partial charge in [-0.25, -0.2) is 19.9 Å². The van der Waals surface area contributed by atoms with Crippen LogP contribution < -0.4 is 5.32 Å². The highest BCUT2D eigenvalue weighted by atomic mass is 35.5. The largest absolute Gasteiger partial charge is 0.417 e. The number of benzene rings is 1. The lowest BCUT2D eigenvalue weighted by Crippen LogP contribution is -2.05. The Labute approximate surface area is 206 Å². The maximum atomic E-state index is 13.1. The maximum Gasteiger partial charge on any atom is 0.417 e. The van der Waals surface area contributed by atoms with Gasteiger partial charge >= 0.3 is 6.18 Å². The zero-order valence-electron chi connectivity index (χ0n) is 18.4. The van der Waals surface area contributed by atoms with Crippen molar-refractivity contribution in [2.75, 3.05) is 5.32 Å². The van der Waals surface area contributed by atoms with Crippen molar-refractivity contribution >= 4 is 50.5 Å². The molecule has 5 aromatic heterocycles. The van der Waals surface area contributed by atoms with Crippen LogP contribution in [0.5, 0.6) is 0 Å². The molecule has 0 amide bonds. The van der Waals surface area contributed by atoms with Crippen molar-refractivity contribution in [1.82, 2.24) is 34.9 Å². The molecule has 180 valence electrons. The molecule has 0 radical (unpaired) electrons. The molecule has 0 bridgehead atoms. The second kappa shape index (κ2) is 8.45. The Hall–Kier alpha value is -4.25. The molecule has 0 aliphatic rings. The zero-order valence-corrected chi connectivity index (χ0v) is 19.1. The topological polar surface area (TPSA) is 108 Å². The SMILES string of the molecule is FC(F)(F)c1cnc2ccc(Cc3nc4ncnc(NCc5cnc6[nH]cc(Cl)c6c5)c4[nH]3)cc2c1. The second-order valence-electron chi connectivity index (χ2n) is 8.26. The standard InChI is InChI=1S/C24H16ClF3N8/c25-17-10-32-21-16(17)4-13(7-30-21)8-31-22-20-23(34-11-33-22)36-19(35-20)5-12-1-2-18-14(3-12)6-15(9-29-18)24(26,27)28/h1-4,6-7,9-11H,5,8H2,(H,30,32)(H2,31,33,34,35,36). The van der Waals surface area contributed by atoms with Gasteiger partial charge in [-0.1, -0.05) is 17.7 Å². The van der Waals surface area contributed by atoms with E-state index in [0.29, 0.717) is 57.3 Å². The molecule has 0 aliphatic heterocycles. The summed E-state index contributed by atoms with van der Waals surface area (Å²) < 4.78 is 39.2. The highest BCUT2D eigenvalue weighted by Crippen LogP contribution is 2.31. The third-order valence-electron chi connectivity index (χ3n) is 5.78. The average Bonchev–Trinajstić information content (AvgIpc) is 3.44. The number of fused-ring (bicyclic) bond motifs is 3. The number of hydrogen-bond acceptors (Lipinski definition) is 6. The lowest BCUT2D eigenvalue weighted by molar-refractivity contribution is -0.137. The summed E-state index contributed by atoms with van der Waals surface area (Å²) in [4.78, 5) is 27.6. The van der Waals surface area contributed by atoms with E-state index >= 15 is 0 Å². The number of nitrogens with one attached hydrogen (secondary N) is 3. The van der Waals surface area contributed by atoms with Gasteiger partial charge in [0.1, 0.15) is 23.3 Å². The summed E-state index contributed by atoms with van der Waals surface area (Å²) in [6, 6.07) is 8.25. The molecule has 0 saturated heterocycles. The van der Waals surface area contributed by atoms with E-state index in [1.807, 2.05) is 12.1 Å². The van der Waals surface area contributed by atoms with Crippen molar-refractivity contribution in [2.45, 2.75) is 19.1 Å². The first kappa shape index (κ1) is 22.2. The fourth-order valence-corrected chi connectivity index (χ4v) is 4.23. The van der Waals surface area contributed by atoms with Gasteiger partial charge in [0.15, 0.2) is 11.5 Å². The molecule has 0 fully saturated rings. The lowest BCUT2D eigenvalue weighted by atomic mass is 10.1. The highest BCUT2D eigenvalue weighted by molar-refractivity contribution is 6.35. The summed E-state index contributed by atoms with van der Waals surface area (Å²) in [5.41, 5.74) is 3.23. The van der Waals surface area contributed by atoms with E-state index < -0.39 is 11.7 Å². The fourth-order valence-electron chi connectivity index (χ4n) is 4.03. The molecular weight excluding hydrogens is 493 g/mol. The summed E-state index contributed by atoms with van der Waals surface area (Å²) in [6.45, 7) is 0.449. The molecule has 36 heavy (non-hydrogen) atoms. The van der Waals surface area contributed by atoms with Crippen LogP contribution in [0.1, 0.15) is 22.5 Å². The number of halogens is 4. The first-order valence-electron chi connectivity index (χ1n) is 10.8.